The standard InChI is InChI=1S/C23H30N4O4/c1-14-17(12-20(28)24-3)15(2)26-22(25-14)16-8-7-11-27(13-16)23(29)21-18(30-4)9-6-10-19(21)31-5/h6,9-10,16H,7-8,11-13H2,1-5H3,(H,24,28)/t16-/m1/s1. The highest BCUT2D eigenvalue weighted by Crippen LogP contribution is 2.32. The molecule has 8 nitrogen and oxygen atoms in total. The third-order valence-electron chi connectivity index (χ3n) is 5.77. The van der Waals surface area contributed by atoms with Gasteiger partial charge in [0.2, 0.25) is 5.91 Å². The second-order valence-electron chi connectivity index (χ2n) is 7.71. The van der Waals surface area contributed by atoms with E-state index in [0.29, 0.717) is 30.2 Å². The molecule has 166 valence electrons. The Morgan fingerprint density at radius 3 is 2.29 bits per heavy atom. The van der Waals surface area contributed by atoms with Gasteiger partial charge in [-0.3, -0.25) is 9.59 Å². The van der Waals surface area contributed by atoms with Crippen LogP contribution in [0.25, 0.3) is 0 Å². The van der Waals surface area contributed by atoms with Gasteiger partial charge in [-0.25, -0.2) is 9.97 Å². The van der Waals surface area contributed by atoms with Crippen LogP contribution in [0.3, 0.4) is 0 Å². The lowest BCUT2D eigenvalue weighted by Crippen LogP contribution is -2.40. The zero-order valence-corrected chi connectivity index (χ0v) is 18.8. The molecule has 1 aliphatic rings. The van der Waals surface area contributed by atoms with Crippen molar-refractivity contribution in [2.45, 2.75) is 39.0 Å². The number of hydrogen-bond donors (Lipinski definition) is 1. The summed E-state index contributed by atoms with van der Waals surface area (Å²) in [5.41, 5.74) is 2.90. The highest BCUT2D eigenvalue weighted by molar-refractivity contribution is 5.99. The third kappa shape index (κ3) is 4.78. The van der Waals surface area contributed by atoms with Crippen LogP contribution in [-0.2, 0) is 11.2 Å². The average Bonchev–Trinajstić information content (AvgIpc) is 2.79. The van der Waals surface area contributed by atoms with Crippen LogP contribution in [0, 0.1) is 13.8 Å². The molecule has 1 N–H and O–H groups in total. The molecule has 3 rings (SSSR count). The molecular weight excluding hydrogens is 396 g/mol. The maximum Gasteiger partial charge on any atom is 0.261 e. The number of aryl methyl sites for hydroxylation is 2. The van der Waals surface area contributed by atoms with Crippen molar-refractivity contribution in [2.24, 2.45) is 0 Å². The Bertz CT molecular complexity index is 931. The van der Waals surface area contributed by atoms with E-state index >= 15 is 0 Å². The van der Waals surface area contributed by atoms with Gasteiger partial charge in [0.25, 0.3) is 5.91 Å². The number of piperidine rings is 1. The molecule has 1 aliphatic heterocycles. The fourth-order valence-electron chi connectivity index (χ4n) is 4.05. The summed E-state index contributed by atoms with van der Waals surface area (Å²) in [5.74, 6) is 1.55. The van der Waals surface area contributed by atoms with Crippen molar-refractivity contribution < 1.29 is 19.1 Å². The minimum Gasteiger partial charge on any atom is -0.496 e. The third-order valence-corrected chi connectivity index (χ3v) is 5.77. The minimum absolute atomic E-state index is 0.0323. The van der Waals surface area contributed by atoms with Crippen LogP contribution in [0.2, 0.25) is 0 Å². The number of nitrogens with zero attached hydrogens (tertiary/aromatic N) is 3. The van der Waals surface area contributed by atoms with Gasteiger partial charge >= 0.3 is 0 Å². The molecule has 31 heavy (non-hydrogen) atoms. The second kappa shape index (κ2) is 9.76. The number of aromatic nitrogens is 2. The molecule has 8 heteroatoms. The molecule has 1 aromatic heterocycles. The van der Waals surface area contributed by atoms with E-state index in [1.54, 1.807) is 39.5 Å². The molecule has 2 amide bonds. The molecule has 1 saturated heterocycles. The first-order chi connectivity index (χ1) is 14.9. The number of likely N-dealkylation sites (tertiary alicyclic amines) is 1. The SMILES string of the molecule is CNC(=O)Cc1c(C)nc([C@@H]2CCCN(C(=O)c3c(OC)cccc3OC)C2)nc1C. The fraction of sp³-hybridized carbons (Fsp3) is 0.478. The van der Waals surface area contributed by atoms with Crippen molar-refractivity contribution >= 4 is 11.8 Å². The lowest BCUT2D eigenvalue weighted by Gasteiger charge is -2.33. The molecule has 2 heterocycles. The summed E-state index contributed by atoms with van der Waals surface area (Å²) in [6.45, 7) is 4.99. The first kappa shape index (κ1) is 22.5. The lowest BCUT2D eigenvalue weighted by atomic mass is 9.95. The quantitative estimate of drug-likeness (QED) is 0.763. The maximum absolute atomic E-state index is 13.4. The summed E-state index contributed by atoms with van der Waals surface area (Å²) in [4.78, 5) is 36.4. The van der Waals surface area contributed by atoms with Gasteiger partial charge in [-0.15, -0.1) is 0 Å². The first-order valence-electron chi connectivity index (χ1n) is 10.4. The summed E-state index contributed by atoms with van der Waals surface area (Å²) in [7, 11) is 4.71. The van der Waals surface area contributed by atoms with Gasteiger partial charge in [-0.2, -0.15) is 0 Å². The van der Waals surface area contributed by atoms with E-state index in [2.05, 4.69) is 5.32 Å². The van der Waals surface area contributed by atoms with E-state index in [4.69, 9.17) is 19.4 Å². The minimum atomic E-state index is -0.122. The zero-order chi connectivity index (χ0) is 22.5. The Kier molecular flexibility index (Phi) is 7.09. The Morgan fingerprint density at radius 1 is 1.13 bits per heavy atom. The Hall–Kier alpha value is -3.16. The number of carbonyl (C=O) groups is 2. The summed E-state index contributed by atoms with van der Waals surface area (Å²) in [6.07, 6.45) is 2.02. The van der Waals surface area contributed by atoms with Crippen molar-refractivity contribution in [1.29, 1.82) is 0 Å². The van der Waals surface area contributed by atoms with Crippen LogP contribution in [0.1, 0.15) is 51.9 Å². The molecule has 0 saturated carbocycles. The number of rotatable bonds is 6. The van der Waals surface area contributed by atoms with E-state index in [1.807, 2.05) is 18.7 Å². The maximum atomic E-state index is 13.4. The molecule has 1 aromatic carbocycles. The number of amides is 2. The topological polar surface area (TPSA) is 93.7 Å². The number of nitrogens with one attached hydrogen (secondary N) is 1. The van der Waals surface area contributed by atoms with Gasteiger partial charge in [-0.1, -0.05) is 6.07 Å². The monoisotopic (exact) mass is 426 g/mol. The molecule has 0 aliphatic carbocycles. The Morgan fingerprint density at radius 2 is 1.74 bits per heavy atom. The van der Waals surface area contributed by atoms with E-state index in [9.17, 15) is 9.59 Å². The number of likely N-dealkylation sites (N-methyl/N-ethyl adjacent to an activating group) is 1. The lowest BCUT2D eigenvalue weighted by molar-refractivity contribution is -0.120. The van der Waals surface area contributed by atoms with Crippen LogP contribution in [0.5, 0.6) is 11.5 Å². The molecule has 0 unspecified atom stereocenters. The van der Waals surface area contributed by atoms with Gasteiger partial charge in [0.1, 0.15) is 22.9 Å². The van der Waals surface area contributed by atoms with Crippen molar-refractivity contribution in [3.05, 3.63) is 46.5 Å². The zero-order valence-electron chi connectivity index (χ0n) is 18.8. The van der Waals surface area contributed by atoms with Crippen LogP contribution in [0.15, 0.2) is 18.2 Å². The highest BCUT2D eigenvalue weighted by Gasteiger charge is 2.31. The number of benzene rings is 1. The van der Waals surface area contributed by atoms with Gasteiger partial charge in [0.15, 0.2) is 0 Å². The molecule has 1 atom stereocenters. The second-order valence-corrected chi connectivity index (χ2v) is 7.71. The molecule has 2 aromatic rings. The molecule has 0 spiro atoms. The normalized spacial score (nSPS) is 16.0. The van der Waals surface area contributed by atoms with Crippen LogP contribution in [-0.4, -0.2) is 61.0 Å². The van der Waals surface area contributed by atoms with Crippen molar-refractivity contribution in [1.82, 2.24) is 20.2 Å². The molecular formula is C23H30N4O4. The van der Waals surface area contributed by atoms with Gasteiger partial charge in [0.05, 0.1) is 20.6 Å². The van der Waals surface area contributed by atoms with Crippen molar-refractivity contribution in [3.63, 3.8) is 0 Å². The fourth-order valence-corrected chi connectivity index (χ4v) is 4.05. The van der Waals surface area contributed by atoms with Gasteiger partial charge in [0, 0.05) is 43.0 Å². The largest absolute Gasteiger partial charge is 0.496 e. The molecule has 0 radical (unpaired) electrons. The number of methoxy groups -OCH3 is 2. The first-order valence-corrected chi connectivity index (χ1v) is 10.4. The smallest absolute Gasteiger partial charge is 0.261 e. The number of carbonyl (C=O) groups excluding carboxylic acids is 2. The summed E-state index contributed by atoms with van der Waals surface area (Å²) >= 11 is 0. The summed E-state index contributed by atoms with van der Waals surface area (Å²) in [5, 5.41) is 2.64. The van der Waals surface area contributed by atoms with Crippen molar-refractivity contribution in [3.8, 4) is 11.5 Å². The van der Waals surface area contributed by atoms with Crippen molar-refractivity contribution in [2.75, 3.05) is 34.4 Å². The van der Waals surface area contributed by atoms with Gasteiger partial charge in [-0.05, 0) is 38.8 Å². The highest BCUT2D eigenvalue weighted by atomic mass is 16.5. The van der Waals surface area contributed by atoms with E-state index in [1.165, 1.54) is 0 Å². The Labute approximate surface area is 183 Å². The number of hydrogen-bond acceptors (Lipinski definition) is 6. The van der Waals surface area contributed by atoms with E-state index in [-0.39, 0.29) is 24.2 Å². The van der Waals surface area contributed by atoms with Crippen LogP contribution < -0.4 is 14.8 Å². The van der Waals surface area contributed by atoms with E-state index in [0.717, 1.165) is 35.6 Å². The average molecular weight is 427 g/mol. The predicted octanol–water partition coefficient (Wildman–Crippen LogP) is 2.42. The predicted molar refractivity (Wildman–Crippen MR) is 117 cm³/mol. The molecule has 0 bridgehead atoms. The summed E-state index contributed by atoms with van der Waals surface area (Å²) < 4.78 is 10.8. The Balaban J connectivity index is 1.85. The molecule has 1 fully saturated rings. The van der Waals surface area contributed by atoms with Crippen LogP contribution in [0.4, 0.5) is 0 Å². The number of ether oxygens (including phenoxy) is 2. The van der Waals surface area contributed by atoms with E-state index < -0.39 is 0 Å². The summed E-state index contributed by atoms with van der Waals surface area (Å²) in [6, 6.07) is 5.32. The van der Waals surface area contributed by atoms with Crippen LogP contribution >= 0.6 is 0 Å². The van der Waals surface area contributed by atoms with Gasteiger partial charge < -0.3 is 19.7 Å².